The molecular formula is C6H6O6. The van der Waals surface area contributed by atoms with E-state index in [0.29, 0.717) is 0 Å². The zero-order valence-electron chi connectivity index (χ0n) is 5.89. The summed E-state index contributed by atoms with van der Waals surface area (Å²) in [5.74, 6) is -4.57. The zero-order chi connectivity index (χ0) is 8.93. The number of carbonyl (C=O) groups excluding carboxylic acids is 2. The molecule has 0 radical (unpaired) electrons. The summed E-state index contributed by atoms with van der Waals surface area (Å²) in [4.78, 5) is 21.5. The number of ketones is 1. The molecule has 2 aliphatic heterocycles. The number of Topliss-reactive ketones (excluding diaryl/α,β-unsaturated/α-hetero) is 1. The predicted octanol–water partition coefficient (Wildman–Crippen LogP) is -2.44. The van der Waals surface area contributed by atoms with Crippen LogP contribution in [0.3, 0.4) is 0 Å². The molecule has 3 atom stereocenters. The average molecular weight is 174 g/mol. The third kappa shape index (κ3) is 0.689. The Morgan fingerprint density at radius 2 is 2.17 bits per heavy atom. The van der Waals surface area contributed by atoms with Crippen molar-refractivity contribution in [2.45, 2.75) is 18.0 Å². The summed E-state index contributed by atoms with van der Waals surface area (Å²) in [6, 6.07) is 0. The Morgan fingerprint density at radius 1 is 1.50 bits per heavy atom. The molecular weight excluding hydrogens is 168 g/mol. The largest absolute Gasteiger partial charge is 0.447 e. The molecule has 0 aromatic carbocycles. The zero-order valence-corrected chi connectivity index (χ0v) is 5.89. The van der Waals surface area contributed by atoms with E-state index in [-0.39, 0.29) is 6.61 Å². The number of fused-ring (bicyclic) bond motifs is 1. The number of aliphatic hydroxyl groups is 2. The van der Waals surface area contributed by atoms with Crippen LogP contribution in [0.25, 0.3) is 0 Å². The molecule has 3 unspecified atom stereocenters. The minimum Gasteiger partial charge on any atom is -0.447 e. The van der Waals surface area contributed by atoms with Gasteiger partial charge in [-0.3, -0.25) is 4.79 Å². The van der Waals surface area contributed by atoms with Gasteiger partial charge in [-0.2, -0.15) is 0 Å². The van der Waals surface area contributed by atoms with Gasteiger partial charge in [0.05, 0.1) is 6.61 Å². The molecule has 6 nitrogen and oxygen atoms in total. The van der Waals surface area contributed by atoms with Gasteiger partial charge in [0.15, 0.2) is 6.10 Å². The Balaban J connectivity index is 2.38. The first-order chi connectivity index (χ1) is 5.55. The molecule has 2 rings (SSSR count). The Labute approximate surface area is 66.7 Å². The minimum absolute atomic E-state index is 0.208. The second-order valence-corrected chi connectivity index (χ2v) is 2.73. The lowest BCUT2D eigenvalue weighted by Crippen LogP contribution is -2.44. The van der Waals surface area contributed by atoms with Crippen LogP contribution in [-0.4, -0.2) is 46.6 Å². The second kappa shape index (κ2) is 2.03. The second-order valence-electron chi connectivity index (χ2n) is 2.73. The van der Waals surface area contributed by atoms with Crippen molar-refractivity contribution >= 4 is 11.8 Å². The van der Waals surface area contributed by atoms with Gasteiger partial charge in [0, 0.05) is 0 Å². The van der Waals surface area contributed by atoms with E-state index in [1.54, 1.807) is 0 Å². The molecule has 0 saturated carbocycles. The van der Waals surface area contributed by atoms with E-state index in [9.17, 15) is 14.7 Å². The molecule has 0 bridgehead atoms. The molecule has 0 aromatic rings. The maximum atomic E-state index is 10.9. The Morgan fingerprint density at radius 3 is 2.75 bits per heavy atom. The van der Waals surface area contributed by atoms with Gasteiger partial charge in [-0.25, -0.2) is 4.79 Å². The molecule has 2 fully saturated rings. The first kappa shape index (κ1) is 7.66. The van der Waals surface area contributed by atoms with E-state index >= 15 is 0 Å². The fraction of sp³-hybridized carbons (Fsp3) is 0.667. The minimum atomic E-state index is -2.25. The van der Waals surface area contributed by atoms with Crippen LogP contribution in [0.4, 0.5) is 0 Å². The summed E-state index contributed by atoms with van der Waals surface area (Å²) in [5.41, 5.74) is 0. The third-order valence-corrected chi connectivity index (χ3v) is 1.95. The fourth-order valence-electron chi connectivity index (χ4n) is 1.31. The van der Waals surface area contributed by atoms with E-state index in [1.165, 1.54) is 0 Å². The molecule has 0 spiro atoms. The molecule has 0 aliphatic carbocycles. The number of hydrogen-bond acceptors (Lipinski definition) is 6. The topological polar surface area (TPSA) is 93.1 Å². The molecule has 0 aromatic heterocycles. The van der Waals surface area contributed by atoms with E-state index in [1.807, 2.05) is 0 Å². The van der Waals surface area contributed by atoms with Gasteiger partial charge in [0.2, 0.25) is 0 Å². The van der Waals surface area contributed by atoms with Gasteiger partial charge in [0.1, 0.15) is 6.10 Å². The van der Waals surface area contributed by atoms with Crippen LogP contribution in [0.1, 0.15) is 0 Å². The first-order valence-corrected chi connectivity index (χ1v) is 3.35. The maximum Gasteiger partial charge on any atom is 0.381 e. The van der Waals surface area contributed by atoms with E-state index < -0.39 is 29.7 Å². The summed E-state index contributed by atoms with van der Waals surface area (Å²) >= 11 is 0. The van der Waals surface area contributed by atoms with Crippen molar-refractivity contribution < 1.29 is 29.3 Å². The Bertz CT molecular complexity index is 261. The summed E-state index contributed by atoms with van der Waals surface area (Å²) in [6.45, 7) is -0.208. The molecule has 2 aliphatic rings. The number of carbonyl (C=O) groups is 2. The number of ether oxygens (including phenoxy) is 2. The quantitative estimate of drug-likeness (QED) is 0.313. The van der Waals surface area contributed by atoms with Crippen molar-refractivity contribution in [2.75, 3.05) is 6.61 Å². The maximum absolute atomic E-state index is 10.9. The number of hydrogen-bond donors (Lipinski definition) is 2. The van der Waals surface area contributed by atoms with Crippen molar-refractivity contribution in [1.29, 1.82) is 0 Å². The lowest BCUT2D eigenvalue weighted by Gasteiger charge is -2.15. The molecule has 2 saturated heterocycles. The standard InChI is InChI=1S/C6H6O6/c7-2-1-11-6(10)3(8)5(9)12-4(2)6/h2,4,7,10H,1H2. The average Bonchev–Trinajstić information content (AvgIpc) is 2.42. The summed E-state index contributed by atoms with van der Waals surface area (Å²) in [7, 11) is 0. The predicted molar refractivity (Wildman–Crippen MR) is 31.8 cm³/mol. The lowest BCUT2D eigenvalue weighted by molar-refractivity contribution is -0.190. The lowest BCUT2D eigenvalue weighted by atomic mass is 10.1. The van der Waals surface area contributed by atoms with Gasteiger partial charge in [-0.1, -0.05) is 0 Å². The highest BCUT2D eigenvalue weighted by Gasteiger charge is 2.64. The van der Waals surface area contributed by atoms with Crippen molar-refractivity contribution in [3.05, 3.63) is 0 Å². The van der Waals surface area contributed by atoms with Crippen molar-refractivity contribution in [3.63, 3.8) is 0 Å². The number of esters is 1. The molecule has 0 amide bonds. The van der Waals surface area contributed by atoms with Crippen molar-refractivity contribution in [2.24, 2.45) is 0 Å². The van der Waals surface area contributed by atoms with Crippen LogP contribution >= 0.6 is 0 Å². The van der Waals surface area contributed by atoms with Crippen LogP contribution < -0.4 is 0 Å². The molecule has 2 heterocycles. The Hall–Kier alpha value is -0.980. The Kier molecular flexibility index (Phi) is 1.30. The van der Waals surface area contributed by atoms with E-state index in [0.717, 1.165) is 0 Å². The van der Waals surface area contributed by atoms with Crippen LogP contribution in [0.5, 0.6) is 0 Å². The summed E-state index contributed by atoms with van der Waals surface area (Å²) in [5, 5.41) is 18.4. The smallest absolute Gasteiger partial charge is 0.381 e. The monoisotopic (exact) mass is 174 g/mol. The van der Waals surface area contributed by atoms with Gasteiger partial charge in [0.25, 0.3) is 5.79 Å². The summed E-state index contributed by atoms with van der Waals surface area (Å²) in [6.07, 6.45) is -2.40. The fourth-order valence-corrected chi connectivity index (χ4v) is 1.31. The van der Waals surface area contributed by atoms with Gasteiger partial charge in [-0.15, -0.1) is 0 Å². The normalized spacial score (nSPS) is 46.2. The highest BCUT2D eigenvalue weighted by atomic mass is 16.7. The highest BCUT2D eigenvalue weighted by Crippen LogP contribution is 2.33. The van der Waals surface area contributed by atoms with Crippen LogP contribution in [-0.2, 0) is 19.1 Å². The first-order valence-electron chi connectivity index (χ1n) is 3.35. The van der Waals surface area contributed by atoms with Gasteiger partial charge < -0.3 is 19.7 Å². The molecule has 66 valence electrons. The van der Waals surface area contributed by atoms with Crippen LogP contribution in [0, 0.1) is 0 Å². The van der Waals surface area contributed by atoms with Gasteiger partial charge >= 0.3 is 11.8 Å². The molecule has 12 heavy (non-hydrogen) atoms. The van der Waals surface area contributed by atoms with Gasteiger partial charge in [-0.05, 0) is 0 Å². The SMILES string of the molecule is O=C1OC2C(O)COC2(O)C1=O. The highest BCUT2D eigenvalue weighted by molar-refractivity contribution is 6.38. The number of aliphatic hydroxyl groups excluding tert-OH is 1. The van der Waals surface area contributed by atoms with Crippen LogP contribution in [0.15, 0.2) is 0 Å². The third-order valence-electron chi connectivity index (χ3n) is 1.95. The van der Waals surface area contributed by atoms with Crippen molar-refractivity contribution in [1.82, 2.24) is 0 Å². The summed E-state index contributed by atoms with van der Waals surface area (Å²) < 4.78 is 8.97. The van der Waals surface area contributed by atoms with E-state index in [4.69, 9.17) is 5.11 Å². The van der Waals surface area contributed by atoms with Crippen LogP contribution in [0.2, 0.25) is 0 Å². The van der Waals surface area contributed by atoms with E-state index in [2.05, 4.69) is 9.47 Å². The molecule has 6 heteroatoms. The van der Waals surface area contributed by atoms with Crippen molar-refractivity contribution in [3.8, 4) is 0 Å². The number of rotatable bonds is 0. The molecule has 2 N–H and O–H groups in total.